The van der Waals surface area contributed by atoms with Crippen molar-refractivity contribution in [2.45, 2.75) is 45.3 Å². The van der Waals surface area contributed by atoms with E-state index in [0.717, 1.165) is 12.8 Å². The maximum Gasteiger partial charge on any atom is 0.128 e. The average Bonchev–Trinajstić information content (AvgIpc) is 2.46. The van der Waals surface area contributed by atoms with E-state index in [1.165, 1.54) is 6.07 Å². The largest absolute Gasteiger partial charge is 0.395 e. The number of benzene rings is 1. The summed E-state index contributed by atoms with van der Waals surface area (Å²) >= 11 is 0. The predicted octanol–water partition coefficient (Wildman–Crippen LogP) is 2.73. The van der Waals surface area contributed by atoms with Gasteiger partial charge in [-0.15, -0.1) is 0 Å². The average molecular weight is 283 g/mol. The van der Waals surface area contributed by atoms with Crippen LogP contribution in [0.4, 0.5) is 4.39 Å². The standard InChI is InChI=1S/C16H26FNO2/c1-3-13(4-2)18(11-12-19)10-9-16(20)14-7-5-6-8-15(14)17/h5-8,13,16,19-20H,3-4,9-12H2,1-2H3. The third kappa shape index (κ3) is 4.85. The summed E-state index contributed by atoms with van der Waals surface area (Å²) in [5.74, 6) is -0.365. The third-order valence-corrected chi connectivity index (χ3v) is 3.80. The zero-order chi connectivity index (χ0) is 15.0. The molecule has 114 valence electrons. The Labute approximate surface area is 121 Å². The van der Waals surface area contributed by atoms with Crippen molar-refractivity contribution in [1.82, 2.24) is 4.90 Å². The van der Waals surface area contributed by atoms with E-state index in [1.54, 1.807) is 18.2 Å². The predicted molar refractivity (Wildman–Crippen MR) is 79.0 cm³/mol. The molecular weight excluding hydrogens is 257 g/mol. The van der Waals surface area contributed by atoms with Gasteiger partial charge >= 0.3 is 0 Å². The van der Waals surface area contributed by atoms with Gasteiger partial charge in [0.1, 0.15) is 5.82 Å². The summed E-state index contributed by atoms with van der Waals surface area (Å²) in [5.41, 5.74) is 0.348. The first-order valence-corrected chi connectivity index (χ1v) is 7.41. The summed E-state index contributed by atoms with van der Waals surface area (Å²) in [7, 11) is 0. The van der Waals surface area contributed by atoms with Crippen LogP contribution < -0.4 is 0 Å². The lowest BCUT2D eigenvalue weighted by Gasteiger charge is -2.30. The van der Waals surface area contributed by atoms with Gasteiger partial charge in [0.15, 0.2) is 0 Å². The summed E-state index contributed by atoms with van der Waals surface area (Å²) in [5, 5.41) is 19.3. The lowest BCUT2D eigenvalue weighted by Crippen LogP contribution is -2.38. The van der Waals surface area contributed by atoms with Crippen molar-refractivity contribution in [2.24, 2.45) is 0 Å². The summed E-state index contributed by atoms with van der Waals surface area (Å²) < 4.78 is 13.6. The molecule has 0 heterocycles. The molecule has 3 nitrogen and oxygen atoms in total. The number of aliphatic hydroxyl groups is 2. The second-order valence-electron chi connectivity index (χ2n) is 5.06. The molecule has 1 aromatic rings. The van der Waals surface area contributed by atoms with Crippen molar-refractivity contribution in [3.05, 3.63) is 35.6 Å². The summed E-state index contributed by atoms with van der Waals surface area (Å²) in [6.45, 7) is 5.59. The van der Waals surface area contributed by atoms with Gasteiger partial charge in [-0.2, -0.15) is 0 Å². The second-order valence-corrected chi connectivity index (χ2v) is 5.06. The number of halogens is 1. The third-order valence-electron chi connectivity index (χ3n) is 3.80. The van der Waals surface area contributed by atoms with E-state index in [9.17, 15) is 9.50 Å². The lowest BCUT2D eigenvalue weighted by atomic mass is 10.0. The zero-order valence-corrected chi connectivity index (χ0v) is 12.4. The van der Waals surface area contributed by atoms with Crippen LogP contribution in [0, 0.1) is 5.82 Å². The van der Waals surface area contributed by atoms with Crippen LogP contribution >= 0.6 is 0 Å². The lowest BCUT2D eigenvalue weighted by molar-refractivity contribution is 0.102. The van der Waals surface area contributed by atoms with Gasteiger partial charge < -0.3 is 10.2 Å². The SMILES string of the molecule is CCC(CC)N(CCO)CCC(O)c1ccccc1F. The van der Waals surface area contributed by atoms with Crippen molar-refractivity contribution in [3.8, 4) is 0 Å². The molecule has 1 rings (SSSR count). The van der Waals surface area contributed by atoms with Gasteiger partial charge in [0.25, 0.3) is 0 Å². The molecule has 0 aliphatic heterocycles. The van der Waals surface area contributed by atoms with Crippen LogP contribution in [0.1, 0.15) is 44.8 Å². The Hall–Kier alpha value is -0.970. The van der Waals surface area contributed by atoms with E-state index in [0.29, 0.717) is 31.1 Å². The highest BCUT2D eigenvalue weighted by molar-refractivity contribution is 5.19. The molecule has 0 saturated heterocycles. The van der Waals surface area contributed by atoms with Gasteiger partial charge in [0.2, 0.25) is 0 Å². The number of hydrogen-bond donors (Lipinski definition) is 2. The highest BCUT2D eigenvalue weighted by atomic mass is 19.1. The van der Waals surface area contributed by atoms with Crippen molar-refractivity contribution in [2.75, 3.05) is 19.7 Å². The Kier molecular flexibility index (Phi) is 7.73. The monoisotopic (exact) mass is 283 g/mol. The molecular formula is C16H26FNO2. The number of aliphatic hydroxyl groups excluding tert-OH is 2. The van der Waals surface area contributed by atoms with Gasteiger partial charge in [0, 0.05) is 24.7 Å². The van der Waals surface area contributed by atoms with Gasteiger partial charge in [-0.25, -0.2) is 4.39 Å². The zero-order valence-electron chi connectivity index (χ0n) is 12.4. The quantitative estimate of drug-likeness (QED) is 0.732. The molecule has 0 aromatic heterocycles. The maximum absolute atomic E-state index is 13.6. The summed E-state index contributed by atoms with van der Waals surface area (Å²) in [6.07, 6.45) is 1.68. The van der Waals surface area contributed by atoms with Gasteiger partial charge in [0.05, 0.1) is 12.7 Å². The van der Waals surface area contributed by atoms with Crippen LogP contribution in [0.2, 0.25) is 0 Å². The van der Waals surface area contributed by atoms with Crippen LogP contribution in [-0.4, -0.2) is 40.9 Å². The fourth-order valence-corrected chi connectivity index (χ4v) is 2.60. The van der Waals surface area contributed by atoms with E-state index in [1.807, 2.05) is 0 Å². The molecule has 0 aliphatic carbocycles. The molecule has 0 fully saturated rings. The summed E-state index contributed by atoms with van der Waals surface area (Å²) in [4.78, 5) is 2.17. The molecule has 4 heteroatoms. The van der Waals surface area contributed by atoms with Crippen molar-refractivity contribution in [1.29, 1.82) is 0 Å². The first kappa shape index (κ1) is 17.1. The molecule has 2 N–H and O–H groups in total. The first-order valence-electron chi connectivity index (χ1n) is 7.41. The second kappa shape index (κ2) is 9.06. The highest BCUT2D eigenvalue weighted by Crippen LogP contribution is 2.21. The van der Waals surface area contributed by atoms with Crippen LogP contribution in [0.15, 0.2) is 24.3 Å². The van der Waals surface area contributed by atoms with Crippen molar-refractivity contribution < 1.29 is 14.6 Å². The van der Waals surface area contributed by atoms with Crippen LogP contribution in [0.25, 0.3) is 0 Å². The topological polar surface area (TPSA) is 43.7 Å². The molecule has 1 unspecified atom stereocenters. The minimum Gasteiger partial charge on any atom is -0.395 e. The molecule has 0 bridgehead atoms. The van der Waals surface area contributed by atoms with Crippen molar-refractivity contribution >= 4 is 0 Å². The molecule has 20 heavy (non-hydrogen) atoms. The Bertz CT molecular complexity index is 382. The fourth-order valence-electron chi connectivity index (χ4n) is 2.60. The van der Waals surface area contributed by atoms with Crippen LogP contribution in [0.5, 0.6) is 0 Å². The minimum absolute atomic E-state index is 0.103. The molecule has 0 saturated carbocycles. The normalized spacial score (nSPS) is 13.2. The summed E-state index contributed by atoms with van der Waals surface area (Å²) in [6, 6.07) is 6.73. The van der Waals surface area contributed by atoms with Crippen LogP contribution in [-0.2, 0) is 0 Å². The molecule has 1 atom stereocenters. The fraction of sp³-hybridized carbons (Fsp3) is 0.625. The molecule has 0 aliphatic rings. The molecule has 1 aromatic carbocycles. The molecule has 0 spiro atoms. The number of hydrogen-bond acceptors (Lipinski definition) is 3. The maximum atomic E-state index is 13.6. The van der Waals surface area contributed by atoms with E-state index in [2.05, 4.69) is 18.7 Å². The van der Waals surface area contributed by atoms with Gasteiger partial charge in [-0.3, -0.25) is 4.90 Å². The molecule has 0 radical (unpaired) electrons. The van der Waals surface area contributed by atoms with Gasteiger partial charge in [-0.1, -0.05) is 32.0 Å². The Morgan fingerprint density at radius 2 is 1.80 bits per heavy atom. The van der Waals surface area contributed by atoms with Crippen LogP contribution in [0.3, 0.4) is 0 Å². The Morgan fingerprint density at radius 1 is 1.15 bits per heavy atom. The highest BCUT2D eigenvalue weighted by Gasteiger charge is 2.18. The number of nitrogens with zero attached hydrogens (tertiary/aromatic N) is 1. The van der Waals surface area contributed by atoms with E-state index >= 15 is 0 Å². The van der Waals surface area contributed by atoms with E-state index < -0.39 is 6.10 Å². The van der Waals surface area contributed by atoms with E-state index in [-0.39, 0.29) is 12.4 Å². The number of rotatable bonds is 9. The van der Waals surface area contributed by atoms with E-state index in [4.69, 9.17) is 5.11 Å². The van der Waals surface area contributed by atoms with Crippen molar-refractivity contribution in [3.63, 3.8) is 0 Å². The smallest absolute Gasteiger partial charge is 0.128 e. The first-order chi connectivity index (χ1) is 9.63. The minimum atomic E-state index is -0.799. The Balaban J connectivity index is 2.60. The van der Waals surface area contributed by atoms with Gasteiger partial charge in [-0.05, 0) is 25.3 Å². The molecule has 0 amide bonds. The Morgan fingerprint density at radius 3 is 2.35 bits per heavy atom.